The first-order valence-electron chi connectivity index (χ1n) is 6.43. The number of aryl methyl sites for hydroxylation is 1. The summed E-state index contributed by atoms with van der Waals surface area (Å²) in [7, 11) is 1.61. The maximum absolute atomic E-state index is 6.02. The topological polar surface area (TPSA) is 59.1 Å². The fourth-order valence-corrected chi connectivity index (χ4v) is 1.99. The minimum atomic E-state index is 0.620. The second-order valence-corrected chi connectivity index (χ2v) is 4.76. The van der Waals surface area contributed by atoms with Crippen molar-refractivity contribution in [1.29, 1.82) is 0 Å². The van der Waals surface area contributed by atoms with Crippen LogP contribution in [0.5, 0.6) is 5.75 Å². The maximum Gasteiger partial charge on any atom is 0.142 e. The zero-order chi connectivity index (χ0) is 15.2. The largest absolute Gasteiger partial charge is 0.495 e. The van der Waals surface area contributed by atoms with Crippen LogP contribution in [0.2, 0.25) is 5.02 Å². The Labute approximate surface area is 129 Å². The van der Waals surface area contributed by atoms with Crippen LogP contribution in [0.15, 0.2) is 36.9 Å². The van der Waals surface area contributed by atoms with E-state index in [9.17, 15) is 0 Å². The molecule has 0 amide bonds. The highest BCUT2D eigenvalue weighted by molar-refractivity contribution is 6.31. The van der Waals surface area contributed by atoms with Crippen LogP contribution in [0.3, 0.4) is 0 Å². The molecule has 1 aromatic carbocycles. The molecule has 2 aromatic rings. The molecule has 21 heavy (non-hydrogen) atoms. The van der Waals surface area contributed by atoms with Crippen molar-refractivity contribution in [2.75, 3.05) is 24.3 Å². The molecule has 1 aromatic heterocycles. The number of aromatic nitrogens is 2. The molecule has 0 saturated carbocycles. The fourth-order valence-electron chi connectivity index (χ4n) is 1.81. The normalized spacial score (nSPS) is 10.0. The van der Waals surface area contributed by atoms with Crippen molar-refractivity contribution in [2.24, 2.45) is 0 Å². The Morgan fingerprint density at radius 2 is 2.05 bits per heavy atom. The van der Waals surface area contributed by atoms with Gasteiger partial charge in [0.05, 0.1) is 12.8 Å². The number of ether oxygens (including phenoxy) is 1. The van der Waals surface area contributed by atoms with Crippen molar-refractivity contribution < 1.29 is 4.74 Å². The molecule has 0 spiro atoms. The molecule has 2 rings (SSSR count). The van der Waals surface area contributed by atoms with E-state index >= 15 is 0 Å². The van der Waals surface area contributed by atoms with Crippen molar-refractivity contribution in [2.45, 2.75) is 6.92 Å². The van der Waals surface area contributed by atoms with Crippen LogP contribution >= 0.6 is 11.6 Å². The van der Waals surface area contributed by atoms with Gasteiger partial charge < -0.3 is 15.4 Å². The smallest absolute Gasteiger partial charge is 0.142 e. The minimum absolute atomic E-state index is 0.620. The predicted molar refractivity (Wildman–Crippen MR) is 86.7 cm³/mol. The van der Waals surface area contributed by atoms with E-state index < -0.39 is 0 Å². The Morgan fingerprint density at radius 3 is 2.76 bits per heavy atom. The second-order valence-electron chi connectivity index (χ2n) is 4.32. The monoisotopic (exact) mass is 304 g/mol. The first kappa shape index (κ1) is 15.1. The Balaban J connectivity index is 2.28. The van der Waals surface area contributed by atoms with Gasteiger partial charge in [-0.2, -0.15) is 0 Å². The van der Waals surface area contributed by atoms with Crippen molar-refractivity contribution in [3.8, 4) is 5.75 Å². The number of rotatable bonds is 6. The van der Waals surface area contributed by atoms with E-state index in [1.54, 1.807) is 31.4 Å². The summed E-state index contributed by atoms with van der Waals surface area (Å²) in [5.41, 5.74) is 0.748. The lowest BCUT2D eigenvalue weighted by Gasteiger charge is -2.12. The Kier molecular flexibility index (Phi) is 5.00. The van der Waals surface area contributed by atoms with E-state index in [1.165, 1.54) is 0 Å². The van der Waals surface area contributed by atoms with E-state index in [2.05, 4.69) is 27.2 Å². The summed E-state index contributed by atoms with van der Waals surface area (Å²) in [5.74, 6) is 2.74. The van der Waals surface area contributed by atoms with E-state index in [4.69, 9.17) is 16.3 Å². The number of anilines is 3. The molecule has 2 N–H and O–H groups in total. The lowest BCUT2D eigenvalue weighted by molar-refractivity contribution is 0.417. The second kappa shape index (κ2) is 6.95. The number of nitrogens with zero attached hydrogens (tertiary/aromatic N) is 2. The number of hydrogen-bond donors (Lipinski definition) is 2. The lowest BCUT2D eigenvalue weighted by Crippen LogP contribution is -2.05. The predicted octanol–water partition coefficient (Wildman–Crippen LogP) is 3.79. The van der Waals surface area contributed by atoms with Gasteiger partial charge in [-0.25, -0.2) is 9.97 Å². The van der Waals surface area contributed by atoms with Crippen LogP contribution in [-0.4, -0.2) is 23.6 Å². The fraction of sp³-hybridized carbons (Fsp3) is 0.200. The number of benzene rings is 1. The summed E-state index contributed by atoms with van der Waals surface area (Å²) >= 11 is 6.02. The van der Waals surface area contributed by atoms with Crippen molar-refractivity contribution in [3.63, 3.8) is 0 Å². The highest BCUT2D eigenvalue weighted by atomic mass is 35.5. The molecule has 0 bridgehead atoms. The third-order valence-electron chi connectivity index (χ3n) is 2.69. The first-order chi connectivity index (χ1) is 10.1. The van der Waals surface area contributed by atoms with E-state index in [-0.39, 0.29) is 0 Å². The van der Waals surface area contributed by atoms with Crippen molar-refractivity contribution >= 4 is 28.9 Å². The van der Waals surface area contributed by atoms with Gasteiger partial charge in [0.25, 0.3) is 0 Å². The van der Waals surface area contributed by atoms with Gasteiger partial charge in [0, 0.05) is 17.6 Å². The molecule has 0 aliphatic carbocycles. The van der Waals surface area contributed by atoms with Crippen LogP contribution in [0.4, 0.5) is 17.3 Å². The van der Waals surface area contributed by atoms with Crippen LogP contribution < -0.4 is 15.4 Å². The highest BCUT2D eigenvalue weighted by Crippen LogP contribution is 2.30. The standard InChI is InChI=1S/C15H17ClN4O/c1-4-7-17-14-9-15(19-10(2)18-14)20-12-8-11(16)5-6-13(12)21-3/h4-6,8-9H,1,7H2,2-3H3,(H2,17,18,19,20). The van der Waals surface area contributed by atoms with Crippen LogP contribution in [-0.2, 0) is 0 Å². The minimum Gasteiger partial charge on any atom is -0.495 e. The molecule has 0 aliphatic heterocycles. The Bertz CT molecular complexity index is 646. The van der Waals surface area contributed by atoms with Gasteiger partial charge in [-0.15, -0.1) is 6.58 Å². The Morgan fingerprint density at radius 1 is 1.29 bits per heavy atom. The van der Waals surface area contributed by atoms with Crippen molar-refractivity contribution in [1.82, 2.24) is 9.97 Å². The number of halogens is 1. The molecule has 110 valence electrons. The van der Waals surface area contributed by atoms with Gasteiger partial charge in [0.1, 0.15) is 23.2 Å². The van der Waals surface area contributed by atoms with Gasteiger partial charge in [-0.05, 0) is 25.1 Å². The molecule has 0 aliphatic rings. The molecular weight excluding hydrogens is 288 g/mol. The summed E-state index contributed by atoms with van der Waals surface area (Å²) in [5, 5.41) is 6.95. The summed E-state index contributed by atoms with van der Waals surface area (Å²) in [6.45, 7) is 6.14. The van der Waals surface area contributed by atoms with E-state index in [0.29, 0.717) is 29.0 Å². The summed E-state index contributed by atoms with van der Waals surface area (Å²) in [4.78, 5) is 8.66. The maximum atomic E-state index is 6.02. The van der Waals surface area contributed by atoms with Gasteiger partial charge >= 0.3 is 0 Å². The zero-order valence-electron chi connectivity index (χ0n) is 12.0. The molecule has 6 heteroatoms. The first-order valence-corrected chi connectivity index (χ1v) is 6.81. The highest BCUT2D eigenvalue weighted by Gasteiger charge is 2.07. The third-order valence-corrected chi connectivity index (χ3v) is 2.92. The molecule has 1 heterocycles. The molecule has 0 saturated heterocycles. The number of methoxy groups -OCH3 is 1. The average molecular weight is 305 g/mol. The van der Waals surface area contributed by atoms with Crippen LogP contribution in [0.1, 0.15) is 5.82 Å². The molecule has 0 fully saturated rings. The number of hydrogen-bond acceptors (Lipinski definition) is 5. The van der Waals surface area contributed by atoms with Gasteiger partial charge in [0.2, 0.25) is 0 Å². The van der Waals surface area contributed by atoms with Crippen LogP contribution in [0, 0.1) is 6.92 Å². The van der Waals surface area contributed by atoms with Gasteiger partial charge in [0.15, 0.2) is 0 Å². The average Bonchev–Trinajstić information content (AvgIpc) is 2.45. The van der Waals surface area contributed by atoms with Crippen LogP contribution in [0.25, 0.3) is 0 Å². The lowest BCUT2D eigenvalue weighted by atomic mass is 10.3. The Hall–Kier alpha value is -2.27. The molecule has 0 radical (unpaired) electrons. The summed E-state index contributed by atoms with van der Waals surface area (Å²) in [6.07, 6.45) is 1.77. The van der Waals surface area contributed by atoms with Gasteiger partial charge in [-0.1, -0.05) is 17.7 Å². The molecule has 0 unspecified atom stereocenters. The zero-order valence-corrected chi connectivity index (χ0v) is 12.7. The van der Waals surface area contributed by atoms with E-state index in [1.807, 2.05) is 13.0 Å². The SMILES string of the molecule is C=CCNc1cc(Nc2cc(Cl)ccc2OC)nc(C)n1. The quantitative estimate of drug-likeness (QED) is 0.795. The summed E-state index contributed by atoms with van der Waals surface area (Å²) < 4.78 is 5.30. The number of nitrogens with one attached hydrogen (secondary N) is 2. The van der Waals surface area contributed by atoms with Crippen molar-refractivity contribution in [3.05, 3.63) is 47.8 Å². The third kappa shape index (κ3) is 4.10. The molecule has 5 nitrogen and oxygen atoms in total. The van der Waals surface area contributed by atoms with Gasteiger partial charge in [-0.3, -0.25) is 0 Å². The molecular formula is C15H17ClN4O. The van der Waals surface area contributed by atoms with E-state index in [0.717, 1.165) is 11.5 Å². The molecule has 0 atom stereocenters. The summed E-state index contributed by atoms with van der Waals surface area (Å²) in [6, 6.07) is 7.18.